The van der Waals surface area contributed by atoms with Crippen molar-refractivity contribution in [2.75, 3.05) is 0 Å². The predicted molar refractivity (Wildman–Crippen MR) is 69.6 cm³/mol. The lowest BCUT2D eigenvalue weighted by Gasteiger charge is -2.14. The standard InChI is InChI=1S/C13H9BrClFO/c14-10-6-9(15)7-11(16)12(10)13(17)8-4-2-1-3-5-8/h1-7,13,17H. The smallest absolute Gasteiger partial charge is 0.131 e. The molecule has 0 spiro atoms. The van der Waals surface area contributed by atoms with Crippen LogP contribution in [0.1, 0.15) is 17.2 Å². The fourth-order valence-electron chi connectivity index (χ4n) is 1.62. The molecule has 0 aliphatic heterocycles. The summed E-state index contributed by atoms with van der Waals surface area (Å²) >= 11 is 8.93. The molecule has 0 saturated heterocycles. The molecule has 1 nitrogen and oxygen atoms in total. The SMILES string of the molecule is OC(c1ccccc1)c1c(F)cc(Cl)cc1Br. The zero-order valence-electron chi connectivity index (χ0n) is 8.70. The molecule has 1 unspecified atom stereocenters. The number of hydrogen-bond donors (Lipinski definition) is 1. The second kappa shape index (κ2) is 5.17. The van der Waals surface area contributed by atoms with E-state index in [4.69, 9.17) is 11.6 Å². The molecule has 0 heterocycles. The molecule has 0 aliphatic rings. The van der Waals surface area contributed by atoms with Crippen molar-refractivity contribution in [3.05, 3.63) is 68.9 Å². The van der Waals surface area contributed by atoms with Crippen LogP contribution in [0.3, 0.4) is 0 Å². The Labute approximate surface area is 112 Å². The Morgan fingerprint density at radius 3 is 2.41 bits per heavy atom. The molecule has 4 heteroatoms. The van der Waals surface area contributed by atoms with E-state index in [1.54, 1.807) is 30.3 Å². The van der Waals surface area contributed by atoms with Gasteiger partial charge in [0.05, 0.1) is 0 Å². The first-order valence-corrected chi connectivity index (χ1v) is 6.14. The Bertz CT molecular complexity index is 507. The lowest BCUT2D eigenvalue weighted by Crippen LogP contribution is -2.03. The molecule has 0 amide bonds. The van der Waals surface area contributed by atoms with Crippen LogP contribution in [0.5, 0.6) is 0 Å². The number of aliphatic hydroxyl groups excluding tert-OH is 1. The van der Waals surface area contributed by atoms with Crippen molar-refractivity contribution in [1.29, 1.82) is 0 Å². The van der Waals surface area contributed by atoms with Gasteiger partial charge in [0.2, 0.25) is 0 Å². The average molecular weight is 316 g/mol. The van der Waals surface area contributed by atoms with Gasteiger partial charge >= 0.3 is 0 Å². The highest BCUT2D eigenvalue weighted by Crippen LogP contribution is 2.32. The van der Waals surface area contributed by atoms with Crippen molar-refractivity contribution in [3.8, 4) is 0 Å². The van der Waals surface area contributed by atoms with Gasteiger partial charge in [0.25, 0.3) is 0 Å². The lowest BCUT2D eigenvalue weighted by molar-refractivity contribution is 0.214. The third-order valence-electron chi connectivity index (χ3n) is 2.43. The quantitative estimate of drug-likeness (QED) is 0.875. The molecule has 2 aromatic carbocycles. The lowest BCUT2D eigenvalue weighted by atomic mass is 10.0. The molecule has 1 atom stereocenters. The summed E-state index contributed by atoms with van der Waals surface area (Å²) in [6.45, 7) is 0. The molecule has 1 N–H and O–H groups in total. The summed E-state index contributed by atoms with van der Waals surface area (Å²) < 4.78 is 14.2. The highest BCUT2D eigenvalue weighted by molar-refractivity contribution is 9.10. The van der Waals surface area contributed by atoms with Gasteiger partial charge in [-0.2, -0.15) is 0 Å². The van der Waals surface area contributed by atoms with E-state index in [9.17, 15) is 9.50 Å². The first kappa shape index (κ1) is 12.6. The fourth-order valence-corrected chi connectivity index (χ4v) is 2.61. The number of aliphatic hydroxyl groups is 1. The van der Waals surface area contributed by atoms with Crippen LogP contribution in [0.25, 0.3) is 0 Å². The van der Waals surface area contributed by atoms with E-state index in [1.165, 1.54) is 6.07 Å². The fraction of sp³-hybridized carbons (Fsp3) is 0.0769. The normalized spacial score (nSPS) is 12.5. The maximum atomic E-state index is 13.8. The topological polar surface area (TPSA) is 20.2 Å². The number of rotatable bonds is 2. The predicted octanol–water partition coefficient (Wildman–Crippen LogP) is 4.32. The van der Waals surface area contributed by atoms with Gasteiger partial charge in [-0.1, -0.05) is 57.9 Å². The van der Waals surface area contributed by atoms with E-state index >= 15 is 0 Å². The average Bonchev–Trinajstić information content (AvgIpc) is 2.28. The first-order chi connectivity index (χ1) is 8.09. The summed E-state index contributed by atoms with van der Waals surface area (Å²) in [7, 11) is 0. The number of hydrogen-bond acceptors (Lipinski definition) is 1. The second-order valence-corrected chi connectivity index (χ2v) is 4.89. The van der Waals surface area contributed by atoms with E-state index in [0.717, 1.165) is 0 Å². The molecule has 17 heavy (non-hydrogen) atoms. The van der Waals surface area contributed by atoms with E-state index in [0.29, 0.717) is 15.1 Å². The zero-order valence-corrected chi connectivity index (χ0v) is 11.0. The van der Waals surface area contributed by atoms with Crippen LogP contribution in [0.4, 0.5) is 4.39 Å². The van der Waals surface area contributed by atoms with Gasteiger partial charge in [-0.3, -0.25) is 0 Å². The van der Waals surface area contributed by atoms with Crippen molar-refractivity contribution in [2.45, 2.75) is 6.10 Å². The Morgan fingerprint density at radius 1 is 1.18 bits per heavy atom. The van der Waals surface area contributed by atoms with Gasteiger partial charge in [0, 0.05) is 15.1 Å². The monoisotopic (exact) mass is 314 g/mol. The van der Waals surface area contributed by atoms with Gasteiger partial charge in [0.1, 0.15) is 11.9 Å². The molecule has 0 radical (unpaired) electrons. The Hall–Kier alpha value is -0.900. The van der Waals surface area contributed by atoms with E-state index in [2.05, 4.69) is 15.9 Å². The van der Waals surface area contributed by atoms with Crippen molar-refractivity contribution in [3.63, 3.8) is 0 Å². The molecule has 0 fully saturated rings. The molecular weight excluding hydrogens is 306 g/mol. The Morgan fingerprint density at radius 2 is 1.82 bits per heavy atom. The molecule has 0 aromatic heterocycles. The van der Waals surface area contributed by atoms with Crippen LogP contribution in [0.15, 0.2) is 46.9 Å². The maximum absolute atomic E-state index is 13.8. The Balaban J connectivity index is 2.48. The highest BCUT2D eigenvalue weighted by Gasteiger charge is 2.18. The minimum Gasteiger partial charge on any atom is -0.384 e. The van der Waals surface area contributed by atoms with Crippen molar-refractivity contribution in [1.82, 2.24) is 0 Å². The first-order valence-electron chi connectivity index (χ1n) is 4.97. The van der Waals surface area contributed by atoms with Gasteiger partial charge < -0.3 is 5.11 Å². The van der Waals surface area contributed by atoms with Crippen molar-refractivity contribution >= 4 is 27.5 Å². The molecule has 0 saturated carbocycles. The number of benzene rings is 2. The van der Waals surface area contributed by atoms with Crippen LogP contribution < -0.4 is 0 Å². The van der Waals surface area contributed by atoms with E-state index in [1.807, 2.05) is 6.07 Å². The summed E-state index contributed by atoms with van der Waals surface area (Å²) in [6.07, 6.45) is -1.01. The van der Waals surface area contributed by atoms with Crippen LogP contribution >= 0.6 is 27.5 Å². The summed E-state index contributed by atoms with van der Waals surface area (Å²) in [5, 5.41) is 10.4. The van der Waals surface area contributed by atoms with Crippen LogP contribution in [0.2, 0.25) is 5.02 Å². The zero-order chi connectivity index (χ0) is 12.4. The maximum Gasteiger partial charge on any atom is 0.131 e. The summed E-state index contributed by atoms with van der Waals surface area (Å²) in [5.41, 5.74) is 0.829. The van der Waals surface area contributed by atoms with Gasteiger partial charge in [-0.15, -0.1) is 0 Å². The minimum absolute atomic E-state index is 0.195. The van der Waals surface area contributed by atoms with Gasteiger partial charge in [0.15, 0.2) is 0 Å². The van der Waals surface area contributed by atoms with Crippen LogP contribution in [-0.2, 0) is 0 Å². The third kappa shape index (κ3) is 2.68. The highest BCUT2D eigenvalue weighted by atomic mass is 79.9. The van der Waals surface area contributed by atoms with Gasteiger partial charge in [-0.25, -0.2) is 4.39 Å². The summed E-state index contributed by atoms with van der Waals surface area (Å²) in [5.74, 6) is -0.527. The second-order valence-electron chi connectivity index (χ2n) is 3.60. The molecule has 0 bridgehead atoms. The molecule has 0 aliphatic carbocycles. The largest absolute Gasteiger partial charge is 0.384 e. The van der Waals surface area contributed by atoms with Crippen LogP contribution in [-0.4, -0.2) is 5.11 Å². The molecule has 2 rings (SSSR count). The van der Waals surface area contributed by atoms with E-state index < -0.39 is 11.9 Å². The summed E-state index contributed by atoms with van der Waals surface area (Å²) in [6, 6.07) is 11.7. The molecule has 2 aromatic rings. The van der Waals surface area contributed by atoms with Crippen molar-refractivity contribution < 1.29 is 9.50 Å². The van der Waals surface area contributed by atoms with E-state index in [-0.39, 0.29) is 5.56 Å². The molecular formula is C13H9BrClFO. The Kier molecular flexibility index (Phi) is 3.82. The minimum atomic E-state index is -1.01. The third-order valence-corrected chi connectivity index (χ3v) is 3.31. The van der Waals surface area contributed by atoms with Gasteiger partial charge in [-0.05, 0) is 17.7 Å². The number of halogens is 3. The van der Waals surface area contributed by atoms with Crippen LogP contribution in [0, 0.1) is 5.82 Å². The molecule has 88 valence electrons. The van der Waals surface area contributed by atoms with Crippen molar-refractivity contribution in [2.24, 2.45) is 0 Å². The summed E-state index contributed by atoms with van der Waals surface area (Å²) in [4.78, 5) is 0.